The molecule has 12 heteroatoms. The number of methoxy groups -OCH3 is 2. The fourth-order valence-electron chi connectivity index (χ4n) is 5.57. The molecule has 11 nitrogen and oxygen atoms in total. The van der Waals surface area contributed by atoms with Crippen LogP contribution in [0.2, 0.25) is 0 Å². The molecule has 5 rings (SSSR count). The van der Waals surface area contributed by atoms with Gasteiger partial charge in [0.1, 0.15) is 18.0 Å². The average molecular weight is 631 g/mol. The van der Waals surface area contributed by atoms with E-state index in [9.17, 15) is 23.3 Å². The molecule has 0 spiro atoms. The number of para-hydroxylation sites is 1. The summed E-state index contributed by atoms with van der Waals surface area (Å²) in [6, 6.07) is 29.9. The second kappa shape index (κ2) is 13.8. The van der Waals surface area contributed by atoms with Gasteiger partial charge in [0.15, 0.2) is 4.90 Å². The summed E-state index contributed by atoms with van der Waals surface area (Å²) >= 11 is 0. The minimum absolute atomic E-state index is 0.0104. The molecule has 0 unspecified atom stereocenters. The molecule has 4 aromatic rings. The van der Waals surface area contributed by atoms with Crippen molar-refractivity contribution in [3.8, 4) is 11.5 Å². The number of sulfonamides is 1. The molecule has 1 aliphatic rings. The average Bonchev–Trinajstić information content (AvgIpc) is 3.08. The third-order valence-corrected chi connectivity index (χ3v) is 9.63. The van der Waals surface area contributed by atoms with E-state index >= 15 is 0 Å². The molecule has 0 saturated carbocycles. The molecule has 1 aliphatic heterocycles. The zero-order valence-corrected chi connectivity index (χ0v) is 25.8. The maximum atomic E-state index is 14.1. The summed E-state index contributed by atoms with van der Waals surface area (Å²) in [5.41, 5.74) is 1.73. The summed E-state index contributed by atoms with van der Waals surface area (Å²) in [6.45, 7) is 1.27. The fraction of sp³-hybridized carbons (Fsp3) is 0.242. The monoisotopic (exact) mass is 630 g/mol. The molecule has 0 atom stereocenters. The minimum Gasteiger partial charge on any atom is -0.497 e. The highest BCUT2D eigenvalue weighted by Crippen LogP contribution is 2.37. The third kappa shape index (κ3) is 6.76. The second-order valence-corrected chi connectivity index (χ2v) is 12.2. The Bertz CT molecular complexity index is 1710. The van der Waals surface area contributed by atoms with Crippen molar-refractivity contribution in [1.29, 1.82) is 0 Å². The molecular weight excluding hydrogens is 596 g/mol. The number of carbonyl (C=O) groups excluding carboxylic acids is 1. The fourth-order valence-corrected chi connectivity index (χ4v) is 7.16. The van der Waals surface area contributed by atoms with Crippen LogP contribution in [0.5, 0.6) is 11.5 Å². The van der Waals surface area contributed by atoms with Crippen molar-refractivity contribution in [3.05, 3.63) is 124 Å². The lowest BCUT2D eigenvalue weighted by Crippen LogP contribution is -2.52. The van der Waals surface area contributed by atoms with Crippen LogP contribution in [0.25, 0.3) is 0 Å². The number of nitro benzene ring substituents is 1. The van der Waals surface area contributed by atoms with Gasteiger partial charge in [0.2, 0.25) is 5.91 Å². The van der Waals surface area contributed by atoms with Crippen molar-refractivity contribution in [2.75, 3.05) is 51.2 Å². The zero-order chi connectivity index (χ0) is 32.0. The molecular formula is C33H34N4O7S. The minimum atomic E-state index is -4.60. The second-order valence-electron chi connectivity index (χ2n) is 10.4. The van der Waals surface area contributed by atoms with Gasteiger partial charge < -0.3 is 14.4 Å². The lowest BCUT2D eigenvalue weighted by molar-refractivity contribution is -0.387. The van der Waals surface area contributed by atoms with Crippen LogP contribution in [0.4, 0.5) is 11.4 Å². The molecule has 0 aromatic heterocycles. The van der Waals surface area contributed by atoms with Gasteiger partial charge in [-0.3, -0.25) is 24.1 Å². The van der Waals surface area contributed by atoms with E-state index in [0.29, 0.717) is 31.9 Å². The summed E-state index contributed by atoms with van der Waals surface area (Å²) in [4.78, 5) is 28.3. The zero-order valence-electron chi connectivity index (χ0n) is 25.0. The van der Waals surface area contributed by atoms with Crippen LogP contribution in [0, 0.1) is 10.1 Å². The first kappa shape index (κ1) is 31.5. The number of anilines is 1. The summed E-state index contributed by atoms with van der Waals surface area (Å²) in [5, 5.41) is 11.8. The van der Waals surface area contributed by atoms with E-state index in [0.717, 1.165) is 27.6 Å². The molecule has 4 aromatic carbocycles. The highest BCUT2D eigenvalue weighted by molar-refractivity contribution is 7.93. The Morgan fingerprint density at radius 1 is 0.844 bits per heavy atom. The number of hydrogen-bond acceptors (Lipinski definition) is 8. The van der Waals surface area contributed by atoms with Gasteiger partial charge in [0, 0.05) is 38.3 Å². The number of benzene rings is 4. The van der Waals surface area contributed by atoms with E-state index in [1.807, 2.05) is 36.4 Å². The molecule has 1 amide bonds. The number of hydrogen-bond donors (Lipinski definition) is 0. The topological polar surface area (TPSA) is 123 Å². The van der Waals surface area contributed by atoms with E-state index in [1.165, 1.54) is 44.6 Å². The van der Waals surface area contributed by atoms with Crippen LogP contribution in [0.15, 0.2) is 108 Å². The van der Waals surface area contributed by atoms with Crippen LogP contribution in [-0.4, -0.2) is 76.0 Å². The highest BCUT2D eigenvalue weighted by Gasteiger charge is 2.36. The molecule has 1 heterocycles. The SMILES string of the molecule is COc1ccc(N(CC(=O)N2CCN(C(c3ccccc3)c3ccccc3)CC2)S(=O)(=O)c2ccccc2[N+](=O)[O-])c(OC)c1. The summed E-state index contributed by atoms with van der Waals surface area (Å²) < 4.78 is 39.8. The van der Waals surface area contributed by atoms with Crippen molar-refractivity contribution in [1.82, 2.24) is 9.80 Å². The Kier molecular flexibility index (Phi) is 9.65. The number of ether oxygens (including phenoxy) is 2. The van der Waals surface area contributed by atoms with E-state index in [2.05, 4.69) is 29.2 Å². The molecule has 234 valence electrons. The van der Waals surface area contributed by atoms with Crippen molar-refractivity contribution < 1.29 is 27.6 Å². The Hall–Kier alpha value is -4.94. The standard InChI is InChI=1S/C33H34N4O7S/c1-43-27-17-18-28(30(23-27)44-2)36(45(41,42)31-16-10-9-15-29(31)37(39)40)24-32(38)34-19-21-35(22-20-34)33(25-11-5-3-6-12-25)26-13-7-4-8-14-26/h3-18,23,33H,19-22,24H2,1-2H3. The van der Waals surface area contributed by atoms with Crippen LogP contribution in [0.3, 0.4) is 0 Å². The number of carbonyl (C=O) groups is 1. The molecule has 45 heavy (non-hydrogen) atoms. The Labute approximate surface area is 262 Å². The number of nitro groups is 1. The molecule has 1 fully saturated rings. The summed E-state index contributed by atoms with van der Waals surface area (Å²) in [5.74, 6) is 0.0980. The quantitative estimate of drug-likeness (QED) is 0.172. The van der Waals surface area contributed by atoms with Crippen molar-refractivity contribution in [2.45, 2.75) is 10.9 Å². The van der Waals surface area contributed by atoms with Gasteiger partial charge in [0.25, 0.3) is 15.7 Å². The van der Waals surface area contributed by atoms with Gasteiger partial charge in [-0.05, 0) is 29.3 Å². The summed E-state index contributed by atoms with van der Waals surface area (Å²) in [6.07, 6.45) is 0. The van der Waals surface area contributed by atoms with Gasteiger partial charge in [-0.2, -0.15) is 0 Å². The Morgan fingerprint density at radius 2 is 1.42 bits per heavy atom. The number of amides is 1. The van der Waals surface area contributed by atoms with Gasteiger partial charge in [-0.1, -0.05) is 72.8 Å². The van der Waals surface area contributed by atoms with E-state index < -0.39 is 38.0 Å². The van der Waals surface area contributed by atoms with Crippen LogP contribution in [-0.2, 0) is 14.8 Å². The van der Waals surface area contributed by atoms with Gasteiger partial charge in [-0.25, -0.2) is 8.42 Å². The lowest BCUT2D eigenvalue weighted by atomic mass is 9.96. The number of nitrogens with zero attached hydrogens (tertiary/aromatic N) is 4. The van der Waals surface area contributed by atoms with Crippen molar-refractivity contribution in [3.63, 3.8) is 0 Å². The normalized spacial score (nSPS) is 13.8. The number of piperazine rings is 1. The molecule has 0 N–H and O–H groups in total. The maximum Gasteiger partial charge on any atom is 0.289 e. The van der Waals surface area contributed by atoms with E-state index in [4.69, 9.17) is 9.47 Å². The largest absolute Gasteiger partial charge is 0.497 e. The first-order chi connectivity index (χ1) is 21.7. The molecule has 0 bridgehead atoms. The first-order valence-corrected chi connectivity index (χ1v) is 15.8. The van der Waals surface area contributed by atoms with Crippen LogP contribution < -0.4 is 13.8 Å². The molecule has 0 aliphatic carbocycles. The highest BCUT2D eigenvalue weighted by atomic mass is 32.2. The van der Waals surface area contributed by atoms with Gasteiger partial charge >= 0.3 is 0 Å². The van der Waals surface area contributed by atoms with Crippen molar-refractivity contribution in [2.24, 2.45) is 0 Å². The number of rotatable bonds is 11. The van der Waals surface area contributed by atoms with Crippen LogP contribution >= 0.6 is 0 Å². The van der Waals surface area contributed by atoms with Gasteiger partial charge in [-0.15, -0.1) is 0 Å². The van der Waals surface area contributed by atoms with E-state index in [1.54, 1.807) is 4.90 Å². The van der Waals surface area contributed by atoms with Crippen LogP contribution in [0.1, 0.15) is 17.2 Å². The predicted molar refractivity (Wildman–Crippen MR) is 170 cm³/mol. The Morgan fingerprint density at radius 3 is 1.98 bits per heavy atom. The smallest absolute Gasteiger partial charge is 0.289 e. The maximum absolute atomic E-state index is 14.1. The molecule has 1 saturated heterocycles. The Balaban J connectivity index is 1.43. The predicted octanol–water partition coefficient (Wildman–Crippen LogP) is 4.74. The molecule has 0 radical (unpaired) electrons. The first-order valence-electron chi connectivity index (χ1n) is 14.3. The van der Waals surface area contributed by atoms with E-state index in [-0.39, 0.29) is 17.5 Å². The summed E-state index contributed by atoms with van der Waals surface area (Å²) in [7, 11) is -1.78. The lowest BCUT2D eigenvalue weighted by Gasteiger charge is -2.40. The van der Waals surface area contributed by atoms with Gasteiger partial charge in [0.05, 0.1) is 30.9 Å². The van der Waals surface area contributed by atoms with Crippen molar-refractivity contribution >= 4 is 27.3 Å². The third-order valence-electron chi connectivity index (χ3n) is 7.83.